The number of benzene rings is 1. The number of hydrogen-bond acceptors (Lipinski definition) is 5. The quantitative estimate of drug-likeness (QED) is 0.875. The standard InChI is InChI=1S/C15H19N3O2/c1-9-7-11(8-10(2)14(9)19)15-17-13(20-18-15)5-6-16-12-3-4-12/h7-8,12,16,19H,3-6H2,1-2H3. The van der Waals surface area contributed by atoms with E-state index in [-0.39, 0.29) is 0 Å². The van der Waals surface area contributed by atoms with E-state index in [1.54, 1.807) is 0 Å². The molecule has 2 N–H and O–H groups in total. The van der Waals surface area contributed by atoms with E-state index in [0.717, 1.165) is 29.7 Å². The van der Waals surface area contributed by atoms with Gasteiger partial charge in [-0.25, -0.2) is 0 Å². The number of hydrogen-bond donors (Lipinski definition) is 2. The Bertz CT molecular complexity index is 594. The Morgan fingerprint density at radius 2 is 2.00 bits per heavy atom. The molecular weight excluding hydrogens is 254 g/mol. The van der Waals surface area contributed by atoms with Crippen LogP contribution >= 0.6 is 0 Å². The fourth-order valence-corrected chi connectivity index (χ4v) is 2.23. The molecule has 0 unspecified atom stereocenters. The lowest BCUT2D eigenvalue weighted by molar-refractivity contribution is 0.376. The van der Waals surface area contributed by atoms with Crippen LogP contribution in [0.2, 0.25) is 0 Å². The van der Waals surface area contributed by atoms with Gasteiger partial charge >= 0.3 is 0 Å². The zero-order valence-corrected chi connectivity index (χ0v) is 11.8. The second kappa shape index (κ2) is 5.25. The van der Waals surface area contributed by atoms with E-state index in [4.69, 9.17) is 4.52 Å². The summed E-state index contributed by atoms with van der Waals surface area (Å²) >= 11 is 0. The van der Waals surface area contributed by atoms with Crippen LogP contribution in [0.3, 0.4) is 0 Å². The number of rotatable bonds is 5. The Morgan fingerprint density at radius 3 is 2.65 bits per heavy atom. The fourth-order valence-electron chi connectivity index (χ4n) is 2.23. The molecule has 0 bridgehead atoms. The van der Waals surface area contributed by atoms with Crippen molar-refractivity contribution >= 4 is 0 Å². The molecule has 1 aliphatic rings. The minimum absolute atomic E-state index is 0.325. The molecule has 1 saturated carbocycles. The molecule has 3 rings (SSSR count). The molecule has 106 valence electrons. The van der Waals surface area contributed by atoms with Gasteiger partial charge in [-0.2, -0.15) is 4.98 Å². The van der Waals surface area contributed by atoms with Crippen molar-refractivity contribution in [2.24, 2.45) is 0 Å². The lowest BCUT2D eigenvalue weighted by atomic mass is 10.1. The third kappa shape index (κ3) is 2.82. The lowest BCUT2D eigenvalue weighted by Gasteiger charge is -2.04. The van der Waals surface area contributed by atoms with E-state index in [0.29, 0.717) is 23.5 Å². The van der Waals surface area contributed by atoms with Crippen LogP contribution in [0.4, 0.5) is 0 Å². The number of nitrogens with zero attached hydrogens (tertiary/aromatic N) is 2. The van der Waals surface area contributed by atoms with Gasteiger partial charge in [0.1, 0.15) is 5.75 Å². The molecular formula is C15H19N3O2. The average Bonchev–Trinajstić information content (AvgIpc) is 3.12. The predicted octanol–water partition coefficient (Wildman–Crippen LogP) is 2.35. The largest absolute Gasteiger partial charge is 0.507 e. The number of aromatic hydroxyl groups is 1. The van der Waals surface area contributed by atoms with Crippen LogP contribution in [0.5, 0.6) is 5.75 Å². The predicted molar refractivity (Wildman–Crippen MR) is 75.6 cm³/mol. The molecule has 0 spiro atoms. The lowest BCUT2D eigenvalue weighted by Crippen LogP contribution is -2.19. The first kappa shape index (κ1) is 13.1. The number of phenols is 1. The fraction of sp³-hybridized carbons (Fsp3) is 0.467. The van der Waals surface area contributed by atoms with Crippen molar-refractivity contribution in [1.29, 1.82) is 0 Å². The summed E-state index contributed by atoms with van der Waals surface area (Å²) in [5.41, 5.74) is 2.52. The Kier molecular flexibility index (Phi) is 3.44. The molecule has 1 aliphatic carbocycles. The van der Waals surface area contributed by atoms with Gasteiger partial charge in [0, 0.05) is 24.6 Å². The maximum Gasteiger partial charge on any atom is 0.228 e. The molecule has 1 heterocycles. The van der Waals surface area contributed by atoms with Gasteiger partial charge < -0.3 is 14.9 Å². The zero-order chi connectivity index (χ0) is 14.1. The Morgan fingerprint density at radius 1 is 1.30 bits per heavy atom. The summed E-state index contributed by atoms with van der Waals surface area (Å²) in [5, 5.41) is 17.2. The van der Waals surface area contributed by atoms with Crippen LogP contribution in [0.1, 0.15) is 29.9 Å². The van der Waals surface area contributed by atoms with Gasteiger partial charge in [0.15, 0.2) is 0 Å². The summed E-state index contributed by atoms with van der Waals surface area (Å²) in [6.45, 7) is 4.61. The highest BCUT2D eigenvalue weighted by Gasteiger charge is 2.20. The van der Waals surface area contributed by atoms with Crippen molar-refractivity contribution in [1.82, 2.24) is 15.5 Å². The minimum Gasteiger partial charge on any atom is -0.507 e. The van der Waals surface area contributed by atoms with Crippen molar-refractivity contribution in [2.75, 3.05) is 6.54 Å². The van der Waals surface area contributed by atoms with Crippen LogP contribution in [0.25, 0.3) is 11.4 Å². The molecule has 5 nitrogen and oxygen atoms in total. The van der Waals surface area contributed by atoms with Crippen molar-refractivity contribution in [3.05, 3.63) is 29.2 Å². The van der Waals surface area contributed by atoms with Crippen molar-refractivity contribution < 1.29 is 9.63 Å². The summed E-state index contributed by atoms with van der Waals surface area (Å²) in [7, 11) is 0. The highest BCUT2D eigenvalue weighted by atomic mass is 16.5. The molecule has 5 heteroatoms. The van der Waals surface area contributed by atoms with Gasteiger partial charge in [-0.3, -0.25) is 0 Å². The van der Waals surface area contributed by atoms with Gasteiger partial charge in [-0.05, 0) is 49.9 Å². The van der Waals surface area contributed by atoms with E-state index < -0.39 is 0 Å². The molecule has 1 aromatic carbocycles. The van der Waals surface area contributed by atoms with Gasteiger partial charge in [-0.1, -0.05) is 5.16 Å². The van der Waals surface area contributed by atoms with Crippen LogP contribution in [0, 0.1) is 13.8 Å². The average molecular weight is 273 g/mol. The Hall–Kier alpha value is -1.88. The molecule has 0 aliphatic heterocycles. The van der Waals surface area contributed by atoms with Crippen LogP contribution in [-0.4, -0.2) is 27.8 Å². The smallest absolute Gasteiger partial charge is 0.228 e. The monoisotopic (exact) mass is 273 g/mol. The third-order valence-corrected chi connectivity index (χ3v) is 3.57. The molecule has 2 aromatic rings. The number of phenolic OH excluding ortho intramolecular Hbond substituents is 1. The number of nitrogens with one attached hydrogen (secondary N) is 1. The van der Waals surface area contributed by atoms with Gasteiger partial charge in [0.2, 0.25) is 11.7 Å². The van der Waals surface area contributed by atoms with Crippen molar-refractivity contribution in [3.63, 3.8) is 0 Å². The first-order valence-corrected chi connectivity index (χ1v) is 7.00. The maximum absolute atomic E-state index is 9.78. The Balaban J connectivity index is 1.71. The molecule has 20 heavy (non-hydrogen) atoms. The SMILES string of the molecule is Cc1cc(-c2noc(CCNC3CC3)n2)cc(C)c1O. The maximum atomic E-state index is 9.78. The summed E-state index contributed by atoms with van der Waals surface area (Å²) in [4.78, 5) is 4.41. The van der Waals surface area contributed by atoms with Gasteiger partial charge in [0.25, 0.3) is 0 Å². The van der Waals surface area contributed by atoms with Gasteiger partial charge in [0.05, 0.1) is 0 Å². The summed E-state index contributed by atoms with van der Waals surface area (Å²) in [5.74, 6) is 1.56. The third-order valence-electron chi connectivity index (χ3n) is 3.57. The van der Waals surface area contributed by atoms with Crippen LogP contribution < -0.4 is 5.32 Å². The van der Waals surface area contributed by atoms with E-state index in [1.165, 1.54) is 12.8 Å². The highest BCUT2D eigenvalue weighted by molar-refractivity contribution is 5.60. The summed E-state index contributed by atoms with van der Waals surface area (Å²) in [6.07, 6.45) is 3.31. The normalized spacial score (nSPS) is 14.7. The van der Waals surface area contributed by atoms with Crippen molar-refractivity contribution in [3.8, 4) is 17.1 Å². The van der Waals surface area contributed by atoms with Gasteiger partial charge in [-0.15, -0.1) is 0 Å². The first-order valence-electron chi connectivity index (χ1n) is 7.00. The molecule has 1 aromatic heterocycles. The van der Waals surface area contributed by atoms with E-state index in [1.807, 2.05) is 26.0 Å². The molecule has 0 amide bonds. The number of aryl methyl sites for hydroxylation is 2. The second-order valence-electron chi connectivity index (χ2n) is 5.45. The van der Waals surface area contributed by atoms with Crippen LogP contribution in [0.15, 0.2) is 16.7 Å². The highest BCUT2D eigenvalue weighted by Crippen LogP contribution is 2.27. The van der Waals surface area contributed by atoms with E-state index in [2.05, 4.69) is 15.5 Å². The van der Waals surface area contributed by atoms with E-state index >= 15 is 0 Å². The molecule has 0 atom stereocenters. The van der Waals surface area contributed by atoms with E-state index in [9.17, 15) is 5.11 Å². The molecule has 0 radical (unpaired) electrons. The molecule has 1 fully saturated rings. The summed E-state index contributed by atoms with van der Waals surface area (Å²) < 4.78 is 5.27. The topological polar surface area (TPSA) is 71.2 Å². The Labute approximate surface area is 118 Å². The number of aromatic nitrogens is 2. The summed E-state index contributed by atoms with van der Waals surface area (Å²) in [6, 6.07) is 4.44. The first-order chi connectivity index (χ1) is 9.63. The van der Waals surface area contributed by atoms with Crippen molar-refractivity contribution in [2.45, 2.75) is 39.2 Å². The van der Waals surface area contributed by atoms with Crippen LogP contribution in [-0.2, 0) is 6.42 Å². The second-order valence-corrected chi connectivity index (χ2v) is 5.45. The zero-order valence-electron chi connectivity index (χ0n) is 11.8. The molecule has 0 saturated heterocycles. The minimum atomic E-state index is 0.325.